The first kappa shape index (κ1) is 17.3. The van der Waals surface area contributed by atoms with E-state index in [1.54, 1.807) is 12.1 Å². The van der Waals surface area contributed by atoms with Crippen molar-refractivity contribution in [2.45, 2.75) is 26.3 Å². The molecule has 0 atom stereocenters. The Morgan fingerprint density at radius 1 is 1.12 bits per heavy atom. The van der Waals surface area contributed by atoms with Crippen molar-refractivity contribution in [3.8, 4) is 5.75 Å². The van der Waals surface area contributed by atoms with E-state index in [9.17, 15) is 9.59 Å². The van der Waals surface area contributed by atoms with Crippen LogP contribution in [0, 0.1) is 6.92 Å². The molecule has 1 aromatic heterocycles. The molecule has 0 unspecified atom stereocenters. The molecule has 3 aromatic rings. The number of rotatable bonds is 6. The number of hydrogen-bond donors (Lipinski definition) is 0. The Bertz CT molecular complexity index is 1010. The third-order valence-corrected chi connectivity index (χ3v) is 4.14. The minimum absolute atomic E-state index is 0.308. The van der Waals surface area contributed by atoms with Crippen molar-refractivity contribution in [1.29, 1.82) is 0 Å². The number of nitrogens with zero attached hydrogens (tertiary/aromatic N) is 1. The van der Waals surface area contributed by atoms with Crippen LogP contribution in [0.5, 0.6) is 5.75 Å². The fourth-order valence-corrected chi connectivity index (χ4v) is 2.85. The van der Waals surface area contributed by atoms with Gasteiger partial charge in [-0.2, -0.15) is 0 Å². The molecule has 0 saturated carbocycles. The van der Waals surface area contributed by atoms with Gasteiger partial charge in [-0.15, -0.1) is 0 Å². The predicted molar refractivity (Wildman–Crippen MR) is 97.7 cm³/mol. The standard InChI is InChI=1S/C19H18ClNO4/c1-13-5-4-6-15(11-13)24-10-3-2-9-21-17-8-7-14(20)12-16(17)18(22)25-19(21)23/h4-8,11-12H,2-3,9-10H2,1H3. The zero-order valence-corrected chi connectivity index (χ0v) is 14.6. The highest BCUT2D eigenvalue weighted by molar-refractivity contribution is 6.31. The van der Waals surface area contributed by atoms with E-state index in [0.717, 1.165) is 24.2 Å². The van der Waals surface area contributed by atoms with Gasteiger partial charge in [-0.05, 0) is 55.7 Å². The van der Waals surface area contributed by atoms with Gasteiger partial charge in [0, 0.05) is 11.6 Å². The molecule has 0 aliphatic carbocycles. The maximum Gasteiger partial charge on any atom is 0.422 e. The van der Waals surface area contributed by atoms with Crippen molar-refractivity contribution in [2.75, 3.05) is 6.61 Å². The van der Waals surface area contributed by atoms with Gasteiger partial charge in [0.15, 0.2) is 0 Å². The topological polar surface area (TPSA) is 61.4 Å². The molecular weight excluding hydrogens is 342 g/mol. The molecule has 2 aromatic carbocycles. The van der Waals surface area contributed by atoms with Gasteiger partial charge in [-0.3, -0.25) is 4.57 Å². The second-order valence-electron chi connectivity index (χ2n) is 5.84. The summed E-state index contributed by atoms with van der Waals surface area (Å²) in [6.45, 7) is 3.01. The molecule has 6 heteroatoms. The SMILES string of the molecule is Cc1cccc(OCCCCn2c(=O)oc(=O)c3cc(Cl)ccc32)c1. The lowest BCUT2D eigenvalue weighted by Gasteiger charge is -2.09. The lowest BCUT2D eigenvalue weighted by Crippen LogP contribution is -2.25. The Morgan fingerprint density at radius 3 is 2.76 bits per heavy atom. The highest BCUT2D eigenvalue weighted by Crippen LogP contribution is 2.16. The van der Waals surface area contributed by atoms with Gasteiger partial charge >= 0.3 is 11.4 Å². The minimum Gasteiger partial charge on any atom is -0.494 e. The molecule has 0 radical (unpaired) electrons. The Labute approximate surface area is 149 Å². The molecular formula is C19H18ClNO4. The Balaban J connectivity index is 1.65. The van der Waals surface area contributed by atoms with Gasteiger partial charge in [0.2, 0.25) is 0 Å². The number of halogens is 1. The van der Waals surface area contributed by atoms with Crippen LogP contribution >= 0.6 is 11.6 Å². The van der Waals surface area contributed by atoms with Gasteiger partial charge in [0.1, 0.15) is 5.75 Å². The number of hydrogen-bond acceptors (Lipinski definition) is 4. The Morgan fingerprint density at radius 2 is 1.96 bits per heavy atom. The van der Waals surface area contributed by atoms with Crippen LogP contribution in [0.4, 0.5) is 0 Å². The zero-order chi connectivity index (χ0) is 17.8. The van der Waals surface area contributed by atoms with Crippen molar-refractivity contribution in [2.24, 2.45) is 0 Å². The van der Waals surface area contributed by atoms with Crippen molar-refractivity contribution in [3.05, 3.63) is 74.0 Å². The highest BCUT2D eigenvalue weighted by atomic mass is 35.5. The molecule has 3 rings (SSSR count). The number of unbranched alkanes of at least 4 members (excludes halogenated alkanes) is 1. The van der Waals surface area contributed by atoms with Crippen LogP contribution in [0.2, 0.25) is 5.02 Å². The molecule has 0 aliphatic rings. The van der Waals surface area contributed by atoms with Gasteiger partial charge < -0.3 is 9.15 Å². The average molecular weight is 360 g/mol. The van der Waals surface area contributed by atoms with E-state index < -0.39 is 11.4 Å². The van der Waals surface area contributed by atoms with Crippen LogP contribution in [0.3, 0.4) is 0 Å². The summed E-state index contributed by atoms with van der Waals surface area (Å²) in [5.74, 6) is 0.183. The number of ether oxygens (including phenoxy) is 1. The van der Waals surface area contributed by atoms with Crippen LogP contribution in [0.15, 0.2) is 56.5 Å². The van der Waals surface area contributed by atoms with Crippen LogP contribution in [0.1, 0.15) is 18.4 Å². The molecule has 0 amide bonds. The lowest BCUT2D eigenvalue weighted by molar-refractivity contribution is 0.300. The van der Waals surface area contributed by atoms with E-state index in [1.807, 2.05) is 31.2 Å². The summed E-state index contributed by atoms with van der Waals surface area (Å²) >= 11 is 5.91. The quantitative estimate of drug-likeness (QED) is 0.628. The van der Waals surface area contributed by atoms with Gasteiger partial charge in [0.25, 0.3) is 0 Å². The molecule has 0 saturated heterocycles. The van der Waals surface area contributed by atoms with Gasteiger partial charge in [-0.25, -0.2) is 9.59 Å². The monoisotopic (exact) mass is 359 g/mol. The number of benzene rings is 2. The fraction of sp³-hybridized carbons (Fsp3) is 0.263. The molecule has 0 bridgehead atoms. The smallest absolute Gasteiger partial charge is 0.422 e. The summed E-state index contributed by atoms with van der Waals surface area (Å²) in [6.07, 6.45) is 1.49. The van der Waals surface area contributed by atoms with Crippen LogP contribution < -0.4 is 16.1 Å². The molecule has 5 nitrogen and oxygen atoms in total. The van der Waals surface area contributed by atoms with Crippen molar-refractivity contribution in [3.63, 3.8) is 0 Å². The third kappa shape index (κ3) is 4.12. The summed E-state index contributed by atoms with van der Waals surface area (Å²) < 4.78 is 11.9. The maximum atomic E-state index is 12.0. The first-order chi connectivity index (χ1) is 12.0. The van der Waals surface area contributed by atoms with E-state index in [4.69, 9.17) is 20.8 Å². The lowest BCUT2D eigenvalue weighted by atomic mass is 10.2. The molecule has 0 N–H and O–H groups in total. The molecule has 130 valence electrons. The summed E-state index contributed by atoms with van der Waals surface area (Å²) in [4.78, 5) is 23.8. The fourth-order valence-electron chi connectivity index (χ4n) is 2.67. The second kappa shape index (κ2) is 7.57. The van der Waals surface area contributed by atoms with Crippen molar-refractivity contribution < 1.29 is 9.15 Å². The summed E-state index contributed by atoms with van der Waals surface area (Å²) in [5, 5.41) is 0.736. The van der Waals surface area contributed by atoms with Crippen molar-refractivity contribution >= 4 is 22.5 Å². The van der Waals surface area contributed by atoms with E-state index in [2.05, 4.69) is 0 Å². The van der Waals surface area contributed by atoms with Crippen LogP contribution in [0.25, 0.3) is 10.9 Å². The molecule has 1 heterocycles. The molecule has 0 spiro atoms. The Hall–Kier alpha value is -2.53. The van der Waals surface area contributed by atoms with Crippen LogP contribution in [-0.4, -0.2) is 11.2 Å². The van der Waals surface area contributed by atoms with Gasteiger partial charge in [-0.1, -0.05) is 23.7 Å². The zero-order valence-electron chi connectivity index (χ0n) is 13.8. The first-order valence-corrected chi connectivity index (χ1v) is 8.45. The number of aryl methyl sites for hydroxylation is 2. The Kier molecular flexibility index (Phi) is 5.24. The largest absolute Gasteiger partial charge is 0.494 e. The summed E-state index contributed by atoms with van der Waals surface area (Å²) in [6, 6.07) is 12.7. The van der Waals surface area contributed by atoms with E-state index >= 15 is 0 Å². The first-order valence-electron chi connectivity index (χ1n) is 8.07. The minimum atomic E-state index is -0.665. The summed E-state index contributed by atoms with van der Waals surface area (Å²) in [5.41, 5.74) is 1.01. The molecule has 0 fully saturated rings. The van der Waals surface area contributed by atoms with E-state index in [0.29, 0.717) is 29.1 Å². The number of aromatic nitrogens is 1. The van der Waals surface area contributed by atoms with Gasteiger partial charge in [0.05, 0.1) is 17.5 Å². The van der Waals surface area contributed by atoms with E-state index in [1.165, 1.54) is 10.6 Å². The highest BCUT2D eigenvalue weighted by Gasteiger charge is 2.09. The maximum absolute atomic E-state index is 12.0. The third-order valence-electron chi connectivity index (χ3n) is 3.90. The summed E-state index contributed by atoms with van der Waals surface area (Å²) in [7, 11) is 0. The second-order valence-corrected chi connectivity index (χ2v) is 6.28. The molecule has 0 aliphatic heterocycles. The predicted octanol–water partition coefficient (Wildman–Crippen LogP) is 3.78. The average Bonchev–Trinajstić information content (AvgIpc) is 2.57. The van der Waals surface area contributed by atoms with E-state index in [-0.39, 0.29) is 0 Å². The normalized spacial score (nSPS) is 11.0. The van der Waals surface area contributed by atoms with Crippen LogP contribution in [-0.2, 0) is 6.54 Å². The van der Waals surface area contributed by atoms with Crippen molar-refractivity contribution in [1.82, 2.24) is 4.57 Å². The number of fused-ring (bicyclic) bond motifs is 1. The molecule has 25 heavy (non-hydrogen) atoms.